The monoisotopic (exact) mass is 450 g/mol. The maximum absolute atomic E-state index is 12.3. The number of phenolic OH excluding ortho intramolecular Hbond substituents is 1. The number of nitrogens with one attached hydrogen (secondary N) is 1. The van der Waals surface area contributed by atoms with E-state index >= 15 is 0 Å². The molecule has 0 saturated heterocycles. The lowest BCUT2D eigenvalue weighted by molar-refractivity contribution is -0.112. The van der Waals surface area contributed by atoms with Crippen molar-refractivity contribution in [3.63, 3.8) is 0 Å². The number of rotatable bonds is 5. The Morgan fingerprint density at radius 1 is 1.24 bits per heavy atom. The van der Waals surface area contributed by atoms with Crippen LogP contribution in [-0.2, 0) is 4.79 Å². The van der Waals surface area contributed by atoms with Crippen molar-refractivity contribution in [2.24, 2.45) is 0 Å². The number of amides is 1. The van der Waals surface area contributed by atoms with Crippen LogP contribution in [0.2, 0.25) is 0 Å². The lowest BCUT2D eigenvalue weighted by atomic mass is 10.1. The second-order valence-corrected chi connectivity index (χ2v) is 6.07. The number of hydrogen-bond donors (Lipinski definition) is 2. The fourth-order valence-electron chi connectivity index (χ4n) is 2.08. The number of nitrogens with zero attached hydrogens (tertiary/aromatic N) is 1. The van der Waals surface area contributed by atoms with Crippen LogP contribution in [0.4, 0.5) is 5.69 Å². The summed E-state index contributed by atoms with van der Waals surface area (Å²) >= 11 is 2.09. The first kappa shape index (κ1) is 18.6. The quantitative estimate of drug-likeness (QED) is 0.315. The molecular formula is C18H15IN2O4. The summed E-state index contributed by atoms with van der Waals surface area (Å²) in [5.74, 6) is 0.649. The van der Waals surface area contributed by atoms with Crippen LogP contribution < -0.4 is 14.8 Å². The zero-order valence-electron chi connectivity index (χ0n) is 13.5. The average Bonchev–Trinajstić information content (AvgIpc) is 2.60. The first-order chi connectivity index (χ1) is 12.0. The van der Waals surface area contributed by atoms with Crippen LogP contribution in [0.3, 0.4) is 0 Å². The number of halogens is 1. The van der Waals surface area contributed by atoms with Crippen molar-refractivity contribution in [3.05, 3.63) is 51.1 Å². The molecule has 25 heavy (non-hydrogen) atoms. The van der Waals surface area contributed by atoms with Crippen LogP contribution in [0.15, 0.2) is 42.0 Å². The summed E-state index contributed by atoms with van der Waals surface area (Å²) in [5, 5.41) is 21.2. The van der Waals surface area contributed by atoms with Crippen molar-refractivity contribution < 1.29 is 19.4 Å². The minimum absolute atomic E-state index is 0.0592. The van der Waals surface area contributed by atoms with E-state index in [1.165, 1.54) is 25.3 Å². The van der Waals surface area contributed by atoms with Gasteiger partial charge in [0, 0.05) is 5.69 Å². The van der Waals surface area contributed by atoms with Gasteiger partial charge < -0.3 is 19.9 Å². The van der Waals surface area contributed by atoms with Gasteiger partial charge in [-0.25, -0.2) is 0 Å². The molecule has 2 rings (SSSR count). The molecule has 7 heteroatoms. The lowest BCUT2D eigenvalue weighted by Crippen LogP contribution is -2.13. The van der Waals surface area contributed by atoms with Gasteiger partial charge >= 0.3 is 0 Å². The van der Waals surface area contributed by atoms with E-state index in [9.17, 15) is 15.2 Å². The smallest absolute Gasteiger partial charge is 0.266 e. The second kappa shape index (κ2) is 8.39. The molecule has 0 aliphatic heterocycles. The number of carbonyl (C=O) groups excluding carboxylic acids is 1. The molecule has 0 aromatic heterocycles. The second-order valence-electron chi connectivity index (χ2n) is 4.91. The molecule has 0 atom stereocenters. The predicted octanol–water partition coefficient (Wildman–Crippen LogP) is 3.56. The summed E-state index contributed by atoms with van der Waals surface area (Å²) in [6.07, 6.45) is 1.47. The first-order valence-corrected chi connectivity index (χ1v) is 8.20. The highest BCUT2D eigenvalue weighted by Crippen LogP contribution is 2.34. The Balaban J connectivity index is 2.30. The van der Waals surface area contributed by atoms with E-state index in [-0.39, 0.29) is 11.3 Å². The fraction of sp³-hybridized carbons (Fsp3) is 0.111. The number of anilines is 1. The lowest BCUT2D eigenvalue weighted by Gasteiger charge is -2.11. The topological polar surface area (TPSA) is 91.6 Å². The van der Waals surface area contributed by atoms with E-state index in [0.717, 1.165) is 3.57 Å². The zero-order valence-corrected chi connectivity index (χ0v) is 15.7. The van der Waals surface area contributed by atoms with Gasteiger partial charge in [0.1, 0.15) is 17.4 Å². The van der Waals surface area contributed by atoms with E-state index in [4.69, 9.17) is 9.47 Å². The van der Waals surface area contributed by atoms with Gasteiger partial charge in [0.05, 0.1) is 17.8 Å². The summed E-state index contributed by atoms with van der Waals surface area (Å²) < 4.78 is 11.3. The standard InChI is InChI=1S/C18H15IN2O4/c1-24-16-9-11(8-15(19)17(16)25-2)7-12(10-20)18(23)21-13-3-5-14(22)6-4-13/h3-9,22H,1-2H3,(H,21,23)/b12-7+. The maximum atomic E-state index is 12.3. The van der Waals surface area contributed by atoms with E-state index in [1.807, 2.05) is 6.07 Å². The molecule has 0 radical (unpaired) electrons. The molecule has 0 aliphatic carbocycles. The average molecular weight is 450 g/mol. The van der Waals surface area contributed by atoms with Crippen molar-refractivity contribution in [2.75, 3.05) is 19.5 Å². The third-order valence-corrected chi connectivity index (χ3v) is 4.06. The third-order valence-electron chi connectivity index (χ3n) is 3.26. The summed E-state index contributed by atoms with van der Waals surface area (Å²) in [6, 6.07) is 11.3. The van der Waals surface area contributed by atoms with Gasteiger partial charge in [0.2, 0.25) is 0 Å². The summed E-state index contributed by atoms with van der Waals surface area (Å²) in [5.41, 5.74) is 1.06. The van der Waals surface area contributed by atoms with Crippen molar-refractivity contribution in [1.82, 2.24) is 0 Å². The molecule has 0 unspecified atom stereocenters. The van der Waals surface area contributed by atoms with Crippen molar-refractivity contribution in [2.45, 2.75) is 0 Å². The van der Waals surface area contributed by atoms with Crippen LogP contribution in [0.5, 0.6) is 17.2 Å². The Labute approximate surface area is 158 Å². The highest BCUT2D eigenvalue weighted by Gasteiger charge is 2.13. The predicted molar refractivity (Wildman–Crippen MR) is 103 cm³/mol. The molecule has 128 valence electrons. The largest absolute Gasteiger partial charge is 0.508 e. The Bertz CT molecular complexity index is 855. The van der Waals surface area contributed by atoms with Crippen LogP contribution >= 0.6 is 22.6 Å². The van der Waals surface area contributed by atoms with Crippen LogP contribution in [0.1, 0.15) is 5.56 Å². The molecule has 0 bridgehead atoms. The number of carbonyl (C=O) groups is 1. The number of phenols is 1. The van der Waals surface area contributed by atoms with Crippen LogP contribution in [0.25, 0.3) is 6.08 Å². The molecule has 2 aromatic carbocycles. The Hall–Kier alpha value is -2.73. The third kappa shape index (κ3) is 4.64. The van der Waals surface area contributed by atoms with Gasteiger partial charge in [-0.15, -0.1) is 0 Å². The molecule has 1 amide bonds. The van der Waals surface area contributed by atoms with Gasteiger partial charge in [-0.05, 0) is 70.6 Å². The van der Waals surface area contributed by atoms with Crippen LogP contribution in [-0.4, -0.2) is 25.2 Å². The molecule has 6 nitrogen and oxygen atoms in total. The normalized spacial score (nSPS) is 10.7. The summed E-state index contributed by atoms with van der Waals surface area (Å²) in [7, 11) is 3.06. The Morgan fingerprint density at radius 2 is 1.92 bits per heavy atom. The number of hydrogen-bond acceptors (Lipinski definition) is 5. The van der Waals surface area contributed by atoms with E-state index in [1.54, 1.807) is 31.4 Å². The van der Waals surface area contributed by atoms with E-state index < -0.39 is 5.91 Å². The highest BCUT2D eigenvalue weighted by atomic mass is 127. The van der Waals surface area contributed by atoms with Gasteiger partial charge in [0.25, 0.3) is 5.91 Å². The molecule has 0 fully saturated rings. The Kier molecular flexibility index (Phi) is 6.25. The van der Waals surface area contributed by atoms with Crippen molar-refractivity contribution in [1.29, 1.82) is 5.26 Å². The molecule has 0 heterocycles. The SMILES string of the molecule is COc1cc(/C=C(\C#N)C(=O)Nc2ccc(O)cc2)cc(I)c1OC. The highest BCUT2D eigenvalue weighted by molar-refractivity contribution is 14.1. The van der Waals surface area contributed by atoms with Gasteiger partial charge in [0.15, 0.2) is 11.5 Å². The molecule has 2 aromatic rings. The summed E-state index contributed by atoms with van der Waals surface area (Å²) in [6.45, 7) is 0. The minimum atomic E-state index is -0.544. The minimum Gasteiger partial charge on any atom is -0.508 e. The number of aromatic hydroxyl groups is 1. The molecule has 0 aliphatic rings. The number of benzene rings is 2. The fourth-order valence-corrected chi connectivity index (χ4v) is 2.93. The summed E-state index contributed by atoms with van der Waals surface area (Å²) in [4.78, 5) is 12.3. The molecule has 0 spiro atoms. The van der Waals surface area contributed by atoms with Crippen molar-refractivity contribution >= 4 is 40.3 Å². The Morgan fingerprint density at radius 3 is 2.48 bits per heavy atom. The number of ether oxygens (including phenoxy) is 2. The number of nitriles is 1. The zero-order chi connectivity index (χ0) is 18.4. The van der Waals surface area contributed by atoms with Crippen molar-refractivity contribution in [3.8, 4) is 23.3 Å². The molecular weight excluding hydrogens is 435 g/mol. The van der Waals surface area contributed by atoms with Gasteiger partial charge in [-0.2, -0.15) is 5.26 Å². The van der Waals surface area contributed by atoms with Gasteiger partial charge in [-0.3, -0.25) is 4.79 Å². The maximum Gasteiger partial charge on any atom is 0.266 e. The molecule has 2 N–H and O–H groups in total. The van der Waals surface area contributed by atoms with E-state index in [2.05, 4.69) is 27.9 Å². The molecule has 0 saturated carbocycles. The van der Waals surface area contributed by atoms with Gasteiger partial charge in [-0.1, -0.05) is 0 Å². The van der Waals surface area contributed by atoms with Crippen LogP contribution in [0, 0.1) is 14.9 Å². The van der Waals surface area contributed by atoms with E-state index in [0.29, 0.717) is 22.7 Å². The first-order valence-electron chi connectivity index (χ1n) is 7.12. The number of methoxy groups -OCH3 is 2.